The molecule has 0 unspecified atom stereocenters. The Morgan fingerprint density at radius 3 is 2.55 bits per heavy atom. The number of esters is 1. The number of benzene rings is 1. The van der Waals surface area contributed by atoms with Crippen LogP contribution in [0.2, 0.25) is 0 Å². The second-order valence-electron chi connectivity index (χ2n) is 4.81. The fraction of sp³-hybridized carbons (Fsp3) is 0.368. The number of ketones is 1. The molecule has 3 heteroatoms. The van der Waals surface area contributed by atoms with Crippen LogP contribution >= 0.6 is 0 Å². The maximum atomic E-state index is 11.6. The van der Waals surface area contributed by atoms with Crippen LogP contribution in [0, 0.1) is 11.8 Å². The van der Waals surface area contributed by atoms with Gasteiger partial charge in [0.15, 0.2) is 5.78 Å². The lowest BCUT2D eigenvalue weighted by atomic mass is 10.1. The molecule has 0 aliphatic heterocycles. The number of hydrogen-bond donors (Lipinski definition) is 0. The zero-order valence-corrected chi connectivity index (χ0v) is 13.2. The molecule has 0 aliphatic carbocycles. The minimum Gasteiger partial charge on any atom is -0.462 e. The zero-order valence-electron chi connectivity index (χ0n) is 13.2. The van der Waals surface area contributed by atoms with Crippen LogP contribution in [0.15, 0.2) is 42.0 Å². The maximum Gasteiger partial charge on any atom is 0.341 e. The van der Waals surface area contributed by atoms with Crippen molar-refractivity contribution in [3.63, 3.8) is 0 Å². The van der Waals surface area contributed by atoms with Crippen LogP contribution in [-0.2, 0) is 14.3 Å². The molecule has 116 valence electrons. The predicted molar refractivity (Wildman–Crippen MR) is 87.2 cm³/mol. The second kappa shape index (κ2) is 10.4. The van der Waals surface area contributed by atoms with Gasteiger partial charge in [0, 0.05) is 12.0 Å². The van der Waals surface area contributed by atoms with Crippen molar-refractivity contribution in [1.29, 1.82) is 0 Å². The Balaban J connectivity index is 2.34. The summed E-state index contributed by atoms with van der Waals surface area (Å²) in [4.78, 5) is 23.0. The van der Waals surface area contributed by atoms with Gasteiger partial charge in [-0.1, -0.05) is 36.1 Å². The van der Waals surface area contributed by atoms with E-state index in [-0.39, 0.29) is 18.0 Å². The molecule has 1 aromatic carbocycles. The first-order valence-electron chi connectivity index (χ1n) is 7.57. The van der Waals surface area contributed by atoms with Crippen molar-refractivity contribution >= 4 is 11.8 Å². The largest absolute Gasteiger partial charge is 0.462 e. The fourth-order valence-corrected chi connectivity index (χ4v) is 1.87. The van der Waals surface area contributed by atoms with E-state index in [9.17, 15) is 9.59 Å². The third kappa shape index (κ3) is 6.90. The number of rotatable bonds is 7. The summed E-state index contributed by atoms with van der Waals surface area (Å²) in [5.74, 6) is 5.45. The van der Waals surface area contributed by atoms with Crippen molar-refractivity contribution in [3.8, 4) is 11.8 Å². The van der Waals surface area contributed by atoms with E-state index >= 15 is 0 Å². The zero-order chi connectivity index (χ0) is 16.2. The average Bonchev–Trinajstić information content (AvgIpc) is 2.50. The van der Waals surface area contributed by atoms with Gasteiger partial charge in [-0.2, -0.15) is 0 Å². The molecule has 0 fully saturated rings. The van der Waals surface area contributed by atoms with Crippen LogP contribution < -0.4 is 0 Å². The first-order valence-corrected chi connectivity index (χ1v) is 7.57. The minimum absolute atomic E-state index is 0.150. The number of allylic oxidation sites excluding steroid dienone is 1. The maximum absolute atomic E-state index is 11.6. The number of ether oxygens (including phenoxy) is 1. The molecule has 0 aromatic heterocycles. The van der Waals surface area contributed by atoms with Gasteiger partial charge in [-0.15, -0.1) is 0 Å². The Kier molecular flexibility index (Phi) is 8.37. The summed E-state index contributed by atoms with van der Waals surface area (Å²) in [5.41, 5.74) is 1.17. The highest BCUT2D eigenvalue weighted by Gasteiger charge is 2.14. The van der Waals surface area contributed by atoms with E-state index in [1.54, 1.807) is 13.0 Å². The second-order valence-corrected chi connectivity index (χ2v) is 4.81. The van der Waals surface area contributed by atoms with E-state index in [0.717, 1.165) is 24.8 Å². The van der Waals surface area contributed by atoms with E-state index in [4.69, 9.17) is 4.74 Å². The van der Waals surface area contributed by atoms with Crippen molar-refractivity contribution in [2.24, 2.45) is 0 Å². The Bertz CT molecular complexity index is 574. The van der Waals surface area contributed by atoms with Crippen LogP contribution in [0.3, 0.4) is 0 Å². The van der Waals surface area contributed by atoms with Crippen LogP contribution in [0.1, 0.15) is 45.1 Å². The van der Waals surface area contributed by atoms with Crippen molar-refractivity contribution < 1.29 is 14.3 Å². The van der Waals surface area contributed by atoms with Gasteiger partial charge < -0.3 is 4.74 Å². The van der Waals surface area contributed by atoms with E-state index < -0.39 is 5.97 Å². The molecule has 0 saturated heterocycles. The van der Waals surface area contributed by atoms with Crippen molar-refractivity contribution in [3.05, 3.63) is 47.5 Å². The van der Waals surface area contributed by atoms with Gasteiger partial charge in [0.2, 0.25) is 0 Å². The summed E-state index contributed by atoms with van der Waals surface area (Å²) in [7, 11) is 0. The molecule has 0 amide bonds. The molecule has 3 nitrogen and oxygen atoms in total. The molecular formula is C19H22O3. The summed E-state index contributed by atoms with van der Waals surface area (Å²) in [6.07, 6.45) is 4.98. The molecule has 0 saturated carbocycles. The fourth-order valence-electron chi connectivity index (χ4n) is 1.87. The molecular weight excluding hydrogens is 276 g/mol. The van der Waals surface area contributed by atoms with Gasteiger partial charge in [0.25, 0.3) is 0 Å². The minimum atomic E-state index is -0.529. The monoisotopic (exact) mass is 298 g/mol. The summed E-state index contributed by atoms with van der Waals surface area (Å²) < 4.78 is 4.86. The van der Waals surface area contributed by atoms with Gasteiger partial charge in [0.05, 0.1) is 12.2 Å². The van der Waals surface area contributed by atoms with E-state index in [1.807, 2.05) is 30.3 Å². The van der Waals surface area contributed by atoms with Gasteiger partial charge >= 0.3 is 5.97 Å². The van der Waals surface area contributed by atoms with E-state index in [0.29, 0.717) is 6.42 Å². The summed E-state index contributed by atoms with van der Waals surface area (Å²) in [5, 5.41) is 0. The highest BCUT2D eigenvalue weighted by molar-refractivity contribution is 6.16. The summed E-state index contributed by atoms with van der Waals surface area (Å²) >= 11 is 0. The number of carbonyl (C=O) groups excluding carboxylic acids is 2. The number of carbonyl (C=O) groups is 2. The van der Waals surface area contributed by atoms with Crippen molar-refractivity contribution in [1.82, 2.24) is 0 Å². The molecule has 0 atom stereocenters. The SMILES string of the molecule is CCOC(=O)/C(=C/CCCCC#Cc1ccccc1)C(C)=O. The molecule has 0 heterocycles. The Labute approximate surface area is 132 Å². The summed E-state index contributed by atoms with van der Waals surface area (Å²) in [6, 6.07) is 9.86. The van der Waals surface area contributed by atoms with Crippen LogP contribution in [0.25, 0.3) is 0 Å². The number of unbranched alkanes of at least 4 members (excludes halogenated alkanes) is 3. The quantitative estimate of drug-likeness (QED) is 0.193. The third-order valence-corrected chi connectivity index (χ3v) is 2.99. The van der Waals surface area contributed by atoms with E-state index in [2.05, 4.69) is 11.8 Å². The predicted octanol–water partition coefficient (Wildman–Crippen LogP) is 3.68. The topological polar surface area (TPSA) is 43.4 Å². The molecule has 1 rings (SSSR count). The lowest BCUT2D eigenvalue weighted by Crippen LogP contribution is -2.13. The highest BCUT2D eigenvalue weighted by atomic mass is 16.5. The lowest BCUT2D eigenvalue weighted by molar-refractivity contribution is -0.139. The van der Waals surface area contributed by atoms with Crippen molar-refractivity contribution in [2.45, 2.75) is 39.5 Å². The Morgan fingerprint density at radius 1 is 1.18 bits per heavy atom. The molecule has 0 aliphatic rings. The molecule has 0 N–H and O–H groups in total. The third-order valence-electron chi connectivity index (χ3n) is 2.99. The van der Waals surface area contributed by atoms with Crippen LogP contribution in [-0.4, -0.2) is 18.4 Å². The van der Waals surface area contributed by atoms with Gasteiger partial charge in [0.1, 0.15) is 0 Å². The Morgan fingerprint density at radius 2 is 1.91 bits per heavy atom. The normalized spacial score (nSPS) is 10.5. The molecule has 22 heavy (non-hydrogen) atoms. The average molecular weight is 298 g/mol. The van der Waals surface area contributed by atoms with Crippen molar-refractivity contribution in [2.75, 3.05) is 6.61 Å². The molecule has 0 spiro atoms. The van der Waals surface area contributed by atoms with Gasteiger partial charge in [-0.05, 0) is 45.2 Å². The van der Waals surface area contributed by atoms with Gasteiger partial charge in [-0.25, -0.2) is 4.79 Å². The molecule has 1 aromatic rings. The van der Waals surface area contributed by atoms with Crippen LogP contribution in [0.4, 0.5) is 0 Å². The highest BCUT2D eigenvalue weighted by Crippen LogP contribution is 2.07. The first kappa shape index (κ1) is 17.7. The van der Waals surface area contributed by atoms with Crippen LogP contribution in [0.5, 0.6) is 0 Å². The summed E-state index contributed by atoms with van der Waals surface area (Å²) in [6.45, 7) is 3.38. The lowest BCUT2D eigenvalue weighted by Gasteiger charge is -2.03. The van der Waals surface area contributed by atoms with E-state index in [1.165, 1.54) is 6.92 Å². The molecule has 0 bridgehead atoms. The molecule has 0 radical (unpaired) electrons. The smallest absolute Gasteiger partial charge is 0.341 e. The Hall–Kier alpha value is -2.34. The number of hydrogen-bond acceptors (Lipinski definition) is 3. The number of Topliss-reactive ketones (excluding diaryl/α,β-unsaturated/α-hetero) is 1. The standard InChI is InChI=1S/C19H22O3/c1-3-22-19(21)18(16(2)20)15-11-6-4-5-8-12-17-13-9-7-10-14-17/h7,9-10,13-15H,3-6,11H2,1-2H3/b18-15+. The van der Waals surface area contributed by atoms with Gasteiger partial charge in [-0.3, -0.25) is 4.79 Å². The first-order chi connectivity index (χ1) is 10.6.